The number of aromatic nitrogens is 2. The highest BCUT2D eigenvalue weighted by Crippen LogP contribution is 2.20. The number of hydrogen-bond acceptors (Lipinski definition) is 5. The Morgan fingerprint density at radius 3 is 2.62 bits per heavy atom. The molecule has 1 aromatic heterocycles. The zero-order valence-electron chi connectivity index (χ0n) is 13.1. The Bertz CT molecular complexity index is 441. The molecular weight excluding hydrogens is 284 g/mol. The van der Waals surface area contributed by atoms with E-state index in [0.29, 0.717) is 18.9 Å². The summed E-state index contributed by atoms with van der Waals surface area (Å²) in [6.07, 6.45) is 5.06. The molecule has 6 heteroatoms. The third-order valence-electron chi connectivity index (χ3n) is 3.97. The van der Waals surface area contributed by atoms with Crippen LogP contribution in [0.5, 0.6) is 0 Å². The molecule has 5 nitrogen and oxygen atoms in total. The third-order valence-corrected chi connectivity index (χ3v) is 5.04. The molecule has 2 rings (SSSR count). The molecule has 1 aromatic rings. The van der Waals surface area contributed by atoms with Crippen LogP contribution in [-0.4, -0.2) is 40.6 Å². The third kappa shape index (κ3) is 5.36. The van der Waals surface area contributed by atoms with Crippen LogP contribution in [-0.2, 0) is 17.8 Å². The molecule has 1 fully saturated rings. The largest absolute Gasteiger partial charge is 0.350 e. The lowest BCUT2D eigenvalue weighted by molar-refractivity contribution is -0.122. The number of rotatable bonds is 7. The average molecular weight is 310 g/mol. The number of carbonyl (C=O) groups is 1. The Labute approximate surface area is 131 Å². The second-order valence-electron chi connectivity index (χ2n) is 5.71. The Morgan fingerprint density at radius 2 is 2.00 bits per heavy atom. The lowest BCUT2D eigenvalue weighted by Crippen LogP contribution is -2.36. The minimum Gasteiger partial charge on any atom is -0.350 e. The van der Waals surface area contributed by atoms with Gasteiger partial charge in [0.1, 0.15) is 10.0 Å². The van der Waals surface area contributed by atoms with Gasteiger partial charge < -0.3 is 10.2 Å². The lowest BCUT2D eigenvalue weighted by Gasteiger charge is -2.31. The first-order valence-electron chi connectivity index (χ1n) is 8.01. The van der Waals surface area contributed by atoms with Crippen molar-refractivity contribution < 1.29 is 4.79 Å². The maximum Gasteiger partial charge on any atom is 0.220 e. The number of amides is 1. The lowest BCUT2D eigenvalue weighted by atomic mass is 9.93. The Kier molecular flexibility index (Phi) is 6.57. The second-order valence-corrected chi connectivity index (χ2v) is 6.86. The van der Waals surface area contributed by atoms with Gasteiger partial charge in [0.25, 0.3) is 0 Å². The number of aryl methyl sites for hydroxylation is 1. The van der Waals surface area contributed by atoms with Crippen molar-refractivity contribution in [3.63, 3.8) is 0 Å². The number of nitrogens with one attached hydrogen (secondary N) is 1. The summed E-state index contributed by atoms with van der Waals surface area (Å²) in [5.41, 5.74) is 0. The molecule has 118 valence electrons. The van der Waals surface area contributed by atoms with Crippen LogP contribution in [0.15, 0.2) is 0 Å². The molecule has 0 atom stereocenters. The van der Waals surface area contributed by atoms with Crippen LogP contribution in [0.1, 0.15) is 49.5 Å². The van der Waals surface area contributed by atoms with E-state index in [4.69, 9.17) is 0 Å². The number of carbonyl (C=O) groups excluding carboxylic acids is 1. The van der Waals surface area contributed by atoms with Gasteiger partial charge in [-0.05, 0) is 51.2 Å². The molecule has 1 aliphatic rings. The van der Waals surface area contributed by atoms with Crippen LogP contribution >= 0.6 is 11.3 Å². The van der Waals surface area contributed by atoms with Crippen molar-refractivity contribution in [3.05, 3.63) is 10.0 Å². The van der Waals surface area contributed by atoms with Crippen LogP contribution in [0.25, 0.3) is 0 Å². The van der Waals surface area contributed by atoms with E-state index in [1.54, 1.807) is 11.3 Å². The summed E-state index contributed by atoms with van der Waals surface area (Å²) in [7, 11) is 0. The number of likely N-dealkylation sites (tertiary alicyclic amines) is 1. The number of hydrogen-bond donors (Lipinski definition) is 1. The number of piperidine rings is 1. The van der Waals surface area contributed by atoms with Crippen LogP contribution in [0.2, 0.25) is 0 Å². The minimum absolute atomic E-state index is 0.150. The summed E-state index contributed by atoms with van der Waals surface area (Å²) in [5, 5.41) is 13.1. The van der Waals surface area contributed by atoms with Crippen LogP contribution < -0.4 is 5.32 Å². The molecule has 1 N–H and O–H groups in total. The maximum absolute atomic E-state index is 12.0. The summed E-state index contributed by atoms with van der Waals surface area (Å²) in [6.45, 7) is 8.27. The molecule has 0 aromatic carbocycles. The van der Waals surface area contributed by atoms with E-state index < -0.39 is 0 Å². The molecule has 1 aliphatic heterocycles. The molecular formula is C15H26N4OS. The van der Waals surface area contributed by atoms with Crippen molar-refractivity contribution in [1.82, 2.24) is 20.4 Å². The minimum atomic E-state index is 0.150. The Hall–Kier alpha value is -1.01. The summed E-state index contributed by atoms with van der Waals surface area (Å²) in [6, 6.07) is 0. The predicted molar refractivity (Wildman–Crippen MR) is 85.2 cm³/mol. The molecule has 21 heavy (non-hydrogen) atoms. The molecule has 0 spiro atoms. The summed E-state index contributed by atoms with van der Waals surface area (Å²) in [4.78, 5) is 14.5. The fourth-order valence-corrected chi connectivity index (χ4v) is 3.47. The van der Waals surface area contributed by atoms with E-state index in [1.807, 2.05) is 0 Å². The highest BCUT2D eigenvalue weighted by atomic mass is 32.1. The zero-order valence-corrected chi connectivity index (χ0v) is 13.9. The van der Waals surface area contributed by atoms with Crippen LogP contribution in [0.4, 0.5) is 0 Å². The monoisotopic (exact) mass is 310 g/mol. The molecule has 0 saturated carbocycles. The molecule has 0 aliphatic carbocycles. The van der Waals surface area contributed by atoms with Crippen LogP contribution in [0.3, 0.4) is 0 Å². The quantitative estimate of drug-likeness (QED) is 0.839. The fourth-order valence-electron chi connectivity index (χ4n) is 2.74. The van der Waals surface area contributed by atoms with E-state index in [1.165, 1.54) is 13.0 Å². The van der Waals surface area contributed by atoms with Crippen molar-refractivity contribution in [2.45, 2.75) is 52.5 Å². The van der Waals surface area contributed by atoms with Gasteiger partial charge in [-0.1, -0.05) is 25.2 Å². The normalized spacial score (nSPS) is 17.0. The molecule has 0 unspecified atom stereocenters. The van der Waals surface area contributed by atoms with Crippen molar-refractivity contribution in [1.29, 1.82) is 0 Å². The van der Waals surface area contributed by atoms with E-state index in [9.17, 15) is 4.79 Å². The molecule has 1 amide bonds. The highest BCUT2D eigenvalue weighted by molar-refractivity contribution is 7.11. The van der Waals surface area contributed by atoms with Gasteiger partial charge in [0, 0.05) is 6.42 Å². The van der Waals surface area contributed by atoms with E-state index in [2.05, 4.69) is 34.3 Å². The van der Waals surface area contributed by atoms with E-state index in [0.717, 1.165) is 42.4 Å². The Morgan fingerprint density at radius 1 is 1.29 bits per heavy atom. The van der Waals surface area contributed by atoms with Crippen LogP contribution in [0, 0.1) is 5.92 Å². The highest BCUT2D eigenvalue weighted by Gasteiger charge is 2.20. The van der Waals surface area contributed by atoms with Gasteiger partial charge >= 0.3 is 0 Å². The topological polar surface area (TPSA) is 58.1 Å². The van der Waals surface area contributed by atoms with Gasteiger partial charge in [0.15, 0.2) is 0 Å². The van der Waals surface area contributed by atoms with Crippen molar-refractivity contribution >= 4 is 17.2 Å². The van der Waals surface area contributed by atoms with E-state index in [-0.39, 0.29) is 5.91 Å². The molecule has 1 saturated heterocycles. The summed E-state index contributed by atoms with van der Waals surface area (Å²) < 4.78 is 0. The van der Waals surface area contributed by atoms with Gasteiger partial charge in [-0.25, -0.2) is 0 Å². The predicted octanol–water partition coefficient (Wildman–Crippen LogP) is 2.23. The van der Waals surface area contributed by atoms with Crippen molar-refractivity contribution in [3.8, 4) is 0 Å². The molecule has 0 bridgehead atoms. The summed E-state index contributed by atoms with van der Waals surface area (Å²) in [5.74, 6) is 0.691. The second kappa shape index (κ2) is 8.44. The standard InChI is InChI=1S/C15H26N4OS/c1-3-7-19-8-5-12(6-9-19)10-13(20)16-11-15-18-17-14(4-2)21-15/h12H,3-11H2,1-2H3,(H,16,20). The Balaban J connectivity index is 1.65. The first kappa shape index (κ1) is 16.4. The van der Waals surface area contributed by atoms with Gasteiger partial charge in [0.2, 0.25) is 5.91 Å². The first-order chi connectivity index (χ1) is 10.2. The van der Waals surface area contributed by atoms with Gasteiger partial charge in [-0.15, -0.1) is 10.2 Å². The zero-order chi connectivity index (χ0) is 15.1. The fraction of sp³-hybridized carbons (Fsp3) is 0.800. The van der Waals surface area contributed by atoms with Gasteiger partial charge in [-0.3, -0.25) is 4.79 Å². The molecule has 2 heterocycles. The SMILES string of the molecule is CCCN1CCC(CC(=O)NCc2nnc(CC)s2)CC1. The van der Waals surface area contributed by atoms with Gasteiger partial charge in [-0.2, -0.15) is 0 Å². The summed E-state index contributed by atoms with van der Waals surface area (Å²) >= 11 is 1.58. The smallest absolute Gasteiger partial charge is 0.220 e. The van der Waals surface area contributed by atoms with Crippen molar-refractivity contribution in [2.24, 2.45) is 5.92 Å². The number of nitrogens with zero attached hydrogens (tertiary/aromatic N) is 3. The van der Waals surface area contributed by atoms with E-state index >= 15 is 0 Å². The van der Waals surface area contributed by atoms with Crippen molar-refractivity contribution in [2.75, 3.05) is 19.6 Å². The van der Waals surface area contributed by atoms with Gasteiger partial charge in [0.05, 0.1) is 6.54 Å². The maximum atomic E-state index is 12.0. The average Bonchev–Trinajstić information content (AvgIpc) is 2.96. The first-order valence-corrected chi connectivity index (χ1v) is 8.83. The molecule has 0 radical (unpaired) electrons.